The third-order valence-electron chi connectivity index (χ3n) is 2.76. The number of hydrogen-bond acceptors (Lipinski definition) is 2. The van der Waals surface area contributed by atoms with E-state index in [-0.39, 0.29) is 23.7 Å². The Kier molecular flexibility index (Phi) is 4.47. The van der Waals surface area contributed by atoms with Gasteiger partial charge in [-0.05, 0) is 36.4 Å². The Bertz CT molecular complexity index is 674. The van der Waals surface area contributed by atoms with Crippen LogP contribution < -0.4 is 10.6 Å². The molecule has 0 aromatic heterocycles. The van der Waals surface area contributed by atoms with Crippen molar-refractivity contribution in [1.29, 1.82) is 0 Å². The number of carbonyl (C=O) groups excluding carboxylic acids is 1. The minimum absolute atomic E-state index is 0.0793. The maximum absolute atomic E-state index is 13.6. The summed E-state index contributed by atoms with van der Waals surface area (Å²) in [6, 6.07) is 7.03. The maximum atomic E-state index is 13.6. The van der Waals surface area contributed by atoms with E-state index in [0.29, 0.717) is 5.69 Å². The van der Waals surface area contributed by atoms with Gasteiger partial charge in [-0.3, -0.25) is 4.79 Å². The maximum Gasteiger partial charge on any atom is 0.221 e. The van der Waals surface area contributed by atoms with E-state index >= 15 is 0 Å². The van der Waals surface area contributed by atoms with Gasteiger partial charge in [0.2, 0.25) is 5.91 Å². The molecule has 1 amide bonds. The molecule has 0 aliphatic carbocycles. The van der Waals surface area contributed by atoms with Crippen molar-refractivity contribution in [3.8, 4) is 0 Å². The van der Waals surface area contributed by atoms with Gasteiger partial charge in [0.25, 0.3) is 0 Å². The van der Waals surface area contributed by atoms with Gasteiger partial charge in [0.15, 0.2) is 0 Å². The van der Waals surface area contributed by atoms with Crippen LogP contribution in [0.15, 0.2) is 36.4 Å². The van der Waals surface area contributed by atoms with Crippen molar-refractivity contribution in [1.82, 2.24) is 0 Å². The van der Waals surface area contributed by atoms with Crippen LogP contribution in [0.1, 0.15) is 12.5 Å². The van der Waals surface area contributed by atoms with Crippen LogP contribution in [0.3, 0.4) is 0 Å². The van der Waals surface area contributed by atoms with Gasteiger partial charge in [-0.15, -0.1) is 0 Å². The smallest absolute Gasteiger partial charge is 0.221 e. The van der Waals surface area contributed by atoms with Crippen LogP contribution in [0.2, 0.25) is 0 Å². The van der Waals surface area contributed by atoms with Crippen molar-refractivity contribution in [2.45, 2.75) is 13.5 Å². The second-order valence-corrected chi connectivity index (χ2v) is 4.47. The molecule has 0 saturated carbocycles. The van der Waals surface area contributed by atoms with Crippen LogP contribution >= 0.6 is 0 Å². The molecule has 2 aromatic carbocycles. The normalized spacial score (nSPS) is 10.3. The first-order valence-electron chi connectivity index (χ1n) is 6.20. The molecule has 2 rings (SSSR count). The number of hydrogen-bond donors (Lipinski definition) is 2. The quantitative estimate of drug-likeness (QED) is 0.903. The van der Waals surface area contributed by atoms with Gasteiger partial charge in [-0.1, -0.05) is 0 Å². The van der Waals surface area contributed by atoms with Gasteiger partial charge in [0.05, 0.1) is 5.69 Å². The van der Waals surface area contributed by atoms with E-state index < -0.39 is 17.5 Å². The molecule has 2 aromatic rings. The summed E-state index contributed by atoms with van der Waals surface area (Å²) in [6.07, 6.45) is 0. The van der Waals surface area contributed by atoms with Crippen molar-refractivity contribution in [2.75, 3.05) is 10.6 Å². The SMILES string of the molecule is CC(=O)Nc1ccc(F)c(NCc2cc(F)ccc2F)c1. The van der Waals surface area contributed by atoms with Gasteiger partial charge in [0, 0.05) is 24.7 Å². The van der Waals surface area contributed by atoms with E-state index in [9.17, 15) is 18.0 Å². The summed E-state index contributed by atoms with van der Waals surface area (Å²) < 4.78 is 40.2. The van der Waals surface area contributed by atoms with E-state index in [1.54, 1.807) is 0 Å². The molecule has 21 heavy (non-hydrogen) atoms. The van der Waals surface area contributed by atoms with Crippen LogP contribution in [0, 0.1) is 17.5 Å². The van der Waals surface area contributed by atoms with E-state index in [4.69, 9.17) is 0 Å². The van der Waals surface area contributed by atoms with E-state index in [1.807, 2.05) is 0 Å². The number of rotatable bonds is 4. The largest absolute Gasteiger partial charge is 0.378 e. The highest BCUT2D eigenvalue weighted by molar-refractivity contribution is 5.89. The fourth-order valence-corrected chi connectivity index (χ4v) is 1.81. The van der Waals surface area contributed by atoms with Crippen LogP contribution in [0.4, 0.5) is 24.5 Å². The molecule has 0 saturated heterocycles. The van der Waals surface area contributed by atoms with E-state index in [0.717, 1.165) is 18.2 Å². The van der Waals surface area contributed by atoms with Crippen molar-refractivity contribution in [2.24, 2.45) is 0 Å². The van der Waals surface area contributed by atoms with Crippen molar-refractivity contribution < 1.29 is 18.0 Å². The molecular weight excluding hydrogens is 281 g/mol. The second-order valence-electron chi connectivity index (χ2n) is 4.47. The zero-order valence-electron chi connectivity index (χ0n) is 11.2. The fourth-order valence-electron chi connectivity index (χ4n) is 1.81. The molecule has 6 heteroatoms. The van der Waals surface area contributed by atoms with Crippen LogP contribution in [-0.2, 0) is 11.3 Å². The average Bonchev–Trinajstić information content (AvgIpc) is 2.42. The first kappa shape index (κ1) is 14.9. The van der Waals surface area contributed by atoms with Gasteiger partial charge >= 0.3 is 0 Å². The third-order valence-corrected chi connectivity index (χ3v) is 2.76. The van der Waals surface area contributed by atoms with Crippen LogP contribution in [-0.4, -0.2) is 5.91 Å². The molecule has 110 valence electrons. The highest BCUT2D eigenvalue weighted by atomic mass is 19.1. The lowest BCUT2D eigenvalue weighted by Gasteiger charge is -2.11. The Hall–Kier alpha value is -2.50. The molecule has 0 bridgehead atoms. The summed E-state index contributed by atoms with van der Waals surface area (Å²) in [5, 5.41) is 5.19. The first-order chi connectivity index (χ1) is 9.95. The Morgan fingerprint density at radius 1 is 1.05 bits per heavy atom. The van der Waals surface area contributed by atoms with Gasteiger partial charge in [0.1, 0.15) is 17.5 Å². The first-order valence-corrected chi connectivity index (χ1v) is 6.20. The lowest BCUT2D eigenvalue weighted by Crippen LogP contribution is -2.08. The predicted molar refractivity (Wildman–Crippen MR) is 74.4 cm³/mol. The monoisotopic (exact) mass is 294 g/mol. The topological polar surface area (TPSA) is 41.1 Å². The molecule has 0 fully saturated rings. The average molecular weight is 294 g/mol. The number of amides is 1. The number of halogens is 3. The highest BCUT2D eigenvalue weighted by Crippen LogP contribution is 2.21. The van der Waals surface area contributed by atoms with Crippen LogP contribution in [0.25, 0.3) is 0 Å². The summed E-state index contributed by atoms with van der Waals surface area (Å²) in [4.78, 5) is 11.0. The molecule has 0 aliphatic rings. The molecule has 2 N–H and O–H groups in total. The standard InChI is InChI=1S/C15H13F3N2O/c1-9(21)20-12-3-5-14(18)15(7-12)19-8-10-6-11(16)2-4-13(10)17/h2-7,19H,8H2,1H3,(H,20,21). The van der Waals surface area contributed by atoms with E-state index in [2.05, 4.69) is 10.6 Å². The molecule has 3 nitrogen and oxygen atoms in total. The molecule has 0 aliphatic heterocycles. The second kappa shape index (κ2) is 6.30. The van der Waals surface area contributed by atoms with Gasteiger partial charge in [-0.2, -0.15) is 0 Å². The van der Waals surface area contributed by atoms with Crippen molar-refractivity contribution in [3.05, 3.63) is 59.4 Å². The summed E-state index contributed by atoms with van der Waals surface area (Å²) in [5.74, 6) is -1.99. The minimum atomic E-state index is -0.581. The summed E-state index contributed by atoms with van der Waals surface area (Å²) in [5.41, 5.74) is 0.579. The summed E-state index contributed by atoms with van der Waals surface area (Å²) in [6.45, 7) is 1.25. The number of benzene rings is 2. The minimum Gasteiger partial charge on any atom is -0.378 e. The Morgan fingerprint density at radius 3 is 2.48 bits per heavy atom. The highest BCUT2D eigenvalue weighted by Gasteiger charge is 2.07. The van der Waals surface area contributed by atoms with E-state index in [1.165, 1.54) is 25.1 Å². The number of anilines is 2. The number of nitrogens with one attached hydrogen (secondary N) is 2. The van der Waals surface area contributed by atoms with Crippen LogP contribution in [0.5, 0.6) is 0 Å². The Labute approximate surface area is 119 Å². The molecule has 0 heterocycles. The third kappa shape index (κ3) is 3.98. The van der Waals surface area contributed by atoms with Gasteiger partial charge < -0.3 is 10.6 Å². The molecule has 0 unspecified atom stereocenters. The van der Waals surface area contributed by atoms with Crippen molar-refractivity contribution >= 4 is 17.3 Å². The zero-order valence-corrected chi connectivity index (χ0v) is 11.2. The Balaban J connectivity index is 2.15. The lowest BCUT2D eigenvalue weighted by molar-refractivity contribution is -0.114. The van der Waals surface area contributed by atoms with Gasteiger partial charge in [-0.25, -0.2) is 13.2 Å². The Morgan fingerprint density at radius 2 is 1.76 bits per heavy atom. The summed E-state index contributed by atoms with van der Waals surface area (Å²) >= 11 is 0. The molecule has 0 atom stereocenters. The predicted octanol–water partition coefficient (Wildman–Crippen LogP) is 3.67. The zero-order chi connectivity index (χ0) is 15.4. The molecule has 0 radical (unpaired) electrons. The van der Waals surface area contributed by atoms with Crippen molar-refractivity contribution in [3.63, 3.8) is 0 Å². The molecular formula is C15H13F3N2O. The number of carbonyl (C=O) groups is 1. The molecule has 0 spiro atoms. The fraction of sp³-hybridized carbons (Fsp3) is 0.133. The summed E-state index contributed by atoms with van der Waals surface area (Å²) in [7, 11) is 0. The lowest BCUT2D eigenvalue weighted by atomic mass is 10.2.